The van der Waals surface area contributed by atoms with Crippen LogP contribution in [0.1, 0.15) is 34.5 Å². The number of benzene rings is 1. The van der Waals surface area contributed by atoms with Gasteiger partial charge in [0.25, 0.3) is 10.0 Å². The highest BCUT2D eigenvalue weighted by Gasteiger charge is 2.26. The van der Waals surface area contributed by atoms with E-state index in [4.69, 9.17) is 4.42 Å². The van der Waals surface area contributed by atoms with Gasteiger partial charge in [-0.1, -0.05) is 6.07 Å². The highest BCUT2D eigenvalue weighted by Crippen LogP contribution is 2.35. The van der Waals surface area contributed by atoms with Gasteiger partial charge in [0.05, 0.1) is 11.3 Å². The molecule has 0 saturated carbocycles. The van der Waals surface area contributed by atoms with Crippen LogP contribution in [0.5, 0.6) is 0 Å². The van der Waals surface area contributed by atoms with Crippen LogP contribution >= 0.6 is 11.3 Å². The van der Waals surface area contributed by atoms with Crippen molar-refractivity contribution in [1.82, 2.24) is 0 Å². The minimum atomic E-state index is -3.63. The van der Waals surface area contributed by atoms with E-state index in [0.29, 0.717) is 34.4 Å². The molecule has 4 rings (SSSR count). The van der Waals surface area contributed by atoms with Crippen LogP contribution in [0, 0.1) is 6.92 Å². The number of fused-ring (bicyclic) bond motifs is 3. The first kappa shape index (κ1) is 15.4. The van der Waals surface area contributed by atoms with Crippen molar-refractivity contribution in [2.24, 2.45) is 0 Å². The van der Waals surface area contributed by atoms with Crippen molar-refractivity contribution >= 4 is 43.8 Å². The van der Waals surface area contributed by atoms with Gasteiger partial charge >= 0.3 is 0 Å². The average molecular weight is 361 g/mol. The first-order chi connectivity index (χ1) is 11.5. The Kier molecular flexibility index (Phi) is 3.51. The van der Waals surface area contributed by atoms with Gasteiger partial charge in [0, 0.05) is 18.2 Å². The standard InChI is InChI=1S/C17H15NO4S2/c1-10-8-15-11(17-13(19)4-2-5-14(17)22-15)9-12(10)18-24(20,21)16-6-3-7-23-16/h3,6-9,18H,2,4-5H2,1H3. The molecule has 0 amide bonds. The average Bonchev–Trinajstić information content (AvgIpc) is 3.15. The molecular weight excluding hydrogens is 346 g/mol. The van der Waals surface area contributed by atoms with Crippen molar-refractivity contribution in [3.63, 3.8) is 0 Å². The second-order valence-corrected chi connectivity index (χ2v) is 8.73. The Hall–Kier alpha value is -2.12. The highest BCUT2D eigenvalue weighted by molar-refractivity contribution is 7.94. The van der Waals surface area contributed by atoms with E-state index in [-0.39, 0.29) is 9.99 Å². The van der Waals surface area contributed by atoms with E-state index in [1.165, 1.54) is 0 Å². The first-order valence-corrected chi connectivity index (χ1v) is 9.97. The maximum absolute atomic E-state index is 12.5. The Labute approximate surface area is 143 Å². The van der Waals surface area contributed by atoms with Gasteiger partial charge in [0.1, 0.15) is 15.6 Å². The number of carbonyl (C=O) groups excluding carboxylic acids is 1. The fourth-order valence-corrected chi connectivity index (χ4v) is 5.15. The Morgan fingerprint density at radius 3 is 2.83 bits per heavy atom. The van der Waals surface area contributed by atoms with Crippen molar-refractivity contribution in [1.29, 1.82) is 0 Å². The predicted molar refractivity (Wildman–Crippen MR) is 93.3 cm³/mol. The van der Waals surface area contributed by atoms with Crippen LogP contribution in [0.4, 0.5) is 5.69 Å². The fourth-order valence-electron chi connectivity index (χ4n) is 3.03. The number of sulfonamides is 1. The molecule has 24 heavy (non-hydrogen) atoms. The summed E-state index contributed by atoms with van der Waals surface area (Å²) < 4.78 is 33.6. The van der Waals surface area contributed by atoms with Gasteiger partial charge < -0.3 is 4.42 Å². The molecule has 5 nitrogen and oxygen atoms in total. The van der Waals surface area contributed by atoms with E-state index < -0.39 is 10.0 Å². The molecule has 0 spiro atoms. The minimum absolute atomic E-state index is 0.0610. The van der Waals surface area contributed by atoms with Crippen LogP contribution in [-0.2, 0) is 16.4 Å². The number of aryl methyl sites for hydroxylation is 2. The van der Waals surface area contributed by atoms with Crippen LogP contribution in [0.2, 0.25) is 0 Å². The Morgan fingerprint density at radius 1 is 1.25 bits per heavy atom. The van der Waals surface area contributed by atoms with Crippen molar-refractivity contribution in [3.8, 4) is 0 Å². The second-order valence-electron chi connectivity index (χ2n) is 5.88. The molecule has 0 fully saturated rings. The second kappa shape index (κ2) is 5.46. The van der Waals surface area contributed by atoms with Crippen LogP contribution < -0.4 is 4.72 Å². The Balaban J connectivity index is 1.83. The summed E-state index contributed by atoms with van der Waals surface area (Å²) in [6.07, 6.45) is 2.04. The van der Waals surface area contributed by atoms with Crippen LogP contribution in [0.3, 0.4) is 0 Å². The molecular formula is C17H15NO4S2. The van der Waals surface area contributed by atoms with Crippen LogP contribution in [0.25, 0.3) is 11.0 Å². The van der Waals surface area contributed by atoms with Crippen LogP contribution in [0.15, 0.2) is 38.3 Å². The molecule has 2 heterocycles. The SMILES string of the molecule is Cc1cc2oc3c(c2cc1NS(=O)(=O)c1cccs1)C(=O)CCC3. The fraction of sp³-hybridized carbons (Fsp3) is 0.235. The zero-order chi connectivity index (χ0) is 16.9. The number of hydrogen-bond acceptors (Lipinski definition) is 5. The van der Waals surface area contributed by atoms with E-state index >= 15 is 0 Å². The van der Waals surface area contributed by atoms with Crippen LogP contribution in [-0.4, -0.2) is 14.2 Å². The molecule has 1 aromatic carbocycles. The summed E-state index contributed by atoms with van der Waals surface area (Å²) in [4.78, 5) is 12.2. The van der Waals surface area contributed by atoms with E-state index in [9.17, 15) is 13.2 Å². The van der Waals surface area contributed by atoms with Gasteiger partial charge in [-0.15, -0.1) is 11.3 Å². The summed E-state index contributed by atoms with van der Waals surface area (Å²) in [5.41, 5.74) is 2.46. The van der Waals surface area contributed by atoms with E-state index in [0.717, 1.165) is 29.7 Å². The number of nitrogens with one attached hydrogen (secondary N) is 1. The molecule has 0 bridgehead atoms. The zero-order valence-corrected chi connectivity index (χ0v) is 14.6. The number of Topliss-reactive ketones (excluding diaryl/α,β-unsaturated/α-hetero) is 1. The number of carbonyl (C=O) groups is 1. The van der Waals surface area contributed by atoms with E-state index in [1.807, 2.05) is 6.92 Å². The number of ketones is 1. The normalized spacial score (nSPS) is 14.8. The zero-order valence-electron chi connectivity index (χ0n) is 13.0. The molecule has 0 aliphatic heterocycles. The monoisotopic (exact) mass is 361 g/mol. The summed E-state index contributed by atoms with van der Waals surface area (Å²) in [7, 11) is -3.63. The van der Waals surface area contributed by atoms with Gasteiger partial charge in [0.15, 0.2) is 5.78 Å². The third-order valence-corrected chi connectivity index (χ3v) is 6.96. The predicted octanol–water partition coefficient (Wildman–Crippen LogP) is 4.12. The number of anilines is 1. The molecule has 0 unspecified atom stereocenters. The molecule has 1 aliphatic rings. The number of rotatable bonds is 3. The summed E-state index contributed by atoms with van der Waals surface area (Å²) in [5, 5.41) is 2.40. The molecule has 0 atom stereocenters. The lowest BCUT2D eigenvalue weighted by atomic mass is 9.94. The maximum Gasteiger partial charge on any atom is 0.271 e. The molecule has 3 aromatic rings. The van der Waals surface area contributed by atoms with E-state index in [1.54, 1.807) is 29.6 Å². The molecule has 1 aliphatic carbocycles. The molecule has 1 N–H and O–H groups in total. The molecule has 0 radical (unpaired) electrons. The third-order valence-electron chi connectivity index (χ3n) is 4.20. The molecule has 0 saturated heterocycles. The van der Waals surface area contributed by atoms with Gasteiger partial charge in [-0.25, -0.2) is 8.42 Å². The smallest absolute Gasteiger partial charge is 0.271 e. The summed E-state index contributed by atoms with van der Waals surface area (Å²) in [6, 6.07) is 6.75. The van der Waals surface area contributed by atoms with Gasteiger partial charge in [-0.3, -0.25) is 9.52 Å². The third kappa shape index (κ3) is 2.44. The van der Waals surface area contributed by atoms with Crippen molar-refractivity contribution in [3.05, 3.63) is 46.5 Å². The lowest BCUT2D eigenvalue weighted by molar-refractivity contribution is 0.0971. The van der Waals surface area contributed by atoms with E-state index in [2.05, 4.69) is 4.72 Å². The largest absolute Gasteiger partial charge is 0.460 e. The Morgan fingerprint density at radius 2 is 2.08 bits per heavy atom. The molecule has 124 valence electrons. The molecule has 7 heteroatoms. The highest BCUT2D eigenvalue weighted by atomic mass is 32.2. The number of furan rings is 1. The van der Waals surface area contributed by atoms with Gasteiger partial charge in [-0.05, 0) is 42.5 Å². The summed E-state index contributed by atoms with van der Waals surface area (Å²) in [5.74, 6) is 0.768. The van der Waals surface area contributed by atoms with Crippen molar-refractivity contribution in [2.75, 3.05) is 4.72 Å². The summed E-state index contributed by atoms with van der Waals surface area (Å²) in [6.45, 7) is 1.81. The minimum Gasteiger partial charge on any atom is -0.460 e. The lowest BCUT2D eigenvalue weighted by Gasteiger charge is -2.10. The van der Waals surface area contributed by atoms with Crippen molar-refractivity contribution < 1.29 is 17.6 Å². The quantitative estimate of drug-likeness (QED) is 0.761. The Bertz CT molecular complexity index is 1050. The topological polar surface area (TPSA) is 76.4 Å². The van der Waals surface area contributed by atoms with Crippen molar-refractivity contribution in [2.45, 2.75) is 30.4 Å². The maximum atomic E-state index is 12.5. The first-order valence-electron chi connectivity index (χ1n) is 7.61. The number of thiophene rings is 1. The van der Waals surface area contributed by atoms with Gasteiger partial charge in [-0.2, -0.15) is 0 Å². The number of hydrogen-bond donors (Lipinski definition) is 1. The molecule has 2 aromatic heterocycles. The lowest BCUT2D eigenvalue weighted by Crippen LogP contribution is -2.12. The summed E-state index contributed by atoms with van der Waals surface area (Å²) >= 11 is 1.16. The van der Waals surface area contributed by atoms with Gasteiger partial charge in [0.2, 0.25) is 0 Å².